The van der Waals surface area contributed by atoms with E-state index in [0.717, 1.165) is 16.9 Å². The first-order valence-electron chi connectivity index (χ1n) is 6.92. The fraction of sp³-hybridized carbons (Fsp3) is 0.467. The first kappa shape index (κ1) is 14.8. The summed E-state index contributed by atoms with van der Waals surface area (Å²) in [6.07, 6.45) is 2.82. The van der Waals surface area contributed by atoms with E-state index in [-0.39, 0.29) is 11.8 Å². The maximum absolute atomic E-state index is 12.2. The molecule has 2 heterocycles. The first-order valence-corrected chi connectivity index (χ1v) is 7.80. The Bertz CT molecular complexity index is 500. The molecule has 1 aliphatic heterocycles. The van der Waals surface area contributed by atoms with Gasteiger partial charge in [-0.15, -0.1) is 11.3 Å². The zero-order valence-corrected chi connectivity index (χ0v) is 12.8. The molecule has 0 radical (unpaired) electrons. The Balaban J connectivity index is 1.91. The van der Waals surface area contributed by atoms with Gasteiger partial charge in [0.25, 0.3) is 5.91 Å². The van der Waals surface area contributed by atoms with Gasteiger partial charge in [-0.25, -0.2) is 0 Å². The van der Waals surface area contributed by atoms with Crippen LogP contribution in [0.25, 0.3) is 0 Å². The molecule has 2 amide bonds. The van der Waals surface area contributed by atoms with Crippen LogP contribution < -0.4 is 0 Å². The molecule has 5 heteroatoms. The number of carbonyl (C=O) groups is 2. The Morgan fingerprint density at radius 1 is 1.25 bits per heavy atom. The minimum atomic E-state index is 0.0768. The summed E-state index contributed by atoms with van der Waals surface area (Å²) in [7, 11) is 0. The van der Waals surface area contributed by atoms with Gasteiger partial charge in [0, 0.05) is 31.8 Å². The minimum absolute atomic E-state index is 0.0768. The Hall–Kier alpha value is -1.62. The van der Waals surface area contributed by atoms with E-state index in [1.807, 2.05) is 47.2 Å². The van der Waals surface area contributed by atoms with Crippen molar-refractivity contribution in [1.82, 2.24) is 9.80 Å². The zero-order valence-electron chi connectivity index (χ0n) is 12.0. The number of thiophene rings is 1. The van der Waals surface area contributed by atoms with Crippen LogP contribution >= 0.6 is 11.3 Å². The largest absolute Gasteiger partial charge is 0.335 e. The number of allylic oxidation sites excluding steroid dienone is 1. The van der Waals surface area contributed by atoms with Crippen molar-refractivity contribution in [3.8, 4) is 0 Å². The summed E-state index contributed by atoms with van der Waals surface area (Å²) >= 11 is 1.46. The lowest BCUT2D eigenvalue weighted by atomic mass is 10.2. The molecule has 1 aliphatic rings. The van der Waals surface area contributed by atoms with Crippen LogP contribution in [0.2, 0.25) is 0 Å². The highest BCUT2D eigenvalue weighted by molar-refractivity contribution is 7.12. The second kappa shape index (κ2) is 6.70. The van der Waals surface area contributed by atoms with Crippen LogP contribution in [0.3, 0.4) is 0 Å². The summed E-state index contributed by atoms with van der Waals surface area (Å²) in [6, 6.07) is 3.73. The lowest BCUT2D eigenvalue weighted by Gasteiger charge is -2.34. The molecule has 2 rings (SSSR count). The van der Waals surface area contributed by atoms with E-state index in [1.54, 1.807) is 0 Å². The average molecular weight is 292 g/mol. The summed E-state index contributed by atoms with van der Waals surface area (Å²) < 4.78 is 0. The van der Waals surface area contributed by atoms with E-state index < -0.39 is 0 Å². The van der Waals surface area contributed by atoms with E-state index in [1.165, 1.54) is 11.3 Å². The van der Waals surface area contributed by atoms with Crippen molar-refractivity contribution in [2.24, 2.45) is 0 Å². The van der Waals surface area contributed by atoms with Crippen LogP contribution in [0, 0.1) is 0 Å². The Morgan fingerprint density at radius 3 is 2.45 bits per heavy atom. The summed E-state index contributed by atoms with van der Waals surface area (Å²) in [4.78, 5) is 28.8. The minimum Gasteiger partial charge on any atom is -0.335 e. The van der Waals surface area contributed by atoms with Crippen molar-refractivity contribution in [2.75, 3.05) is 26.2 Å². The standard InChI is InChI=1S/C15H20N2O2S/c1-3-5-12(2)14(18)16-7-9-17(10-8-16)15(19)13-6-4-11-20-13/h4-6,11H,3,7-10H2,1-2H3. The molecule has 1 aromatic heterocycles. The topological polar surface area (TPSA) is 40.6 Å². The third-order valence-electron chi connectivity index (χ3n) is 3.43. The SMILES string of the molecule is CCC=C(C)C(=O)N1CCN(C(=O)c2cccs2)CC1. The summed E-state index contributed by atoms with van der Waals surface area (Å²) in [5.74, 6) is 0.169. The van der Waals surface area contributed by atoms with Gasteiger partial charge in [0.1, 0.15) is 0 Å². The van der Waals surface area contributed by atoms with Crippen LogP contribution in [0.4, 0.5) is 0 Å². The van der Waals surface area contributed by atoms with Crippen LogP contribution in [0.15, 0.2) is 29.2 Å². The number of hydrogen-bond acceptors (Lipinski definition) is 3. The van der Waals surface area contributed by atoms with Crippen molar-refractivity contribution < 1.29 is 9.59 Å². The molecule has 108 valence electrons. The molecule has 0 aliphatic carbocycles. The molecule has 1 saturated heterocycles. The van der Waals surface area contributed by atoms with Gasteiger partial charge < -0.3 is 9.80 Å². The number of hydrogen-bond donors (Lipinski definition) is 0. The van der Waals surface area contributed by atoms with E-state index in [2.05, 4.69) is 0 Å². The number of carbonyl (C=O) groups excluding carboxylic acids is 2. The molecular formula is C15H20N2O2S. The highest BCUT2D eigenvalue weighted by Crippen LogP contribution is 2.14. The van der Waals surface area contributed by atoms with Crippen molar-refractivity contribution >= 4 is 23.2 Å². The van der Waals surface area contributed by atoms with Crippen molar-refractivity contribution in [1.29, 1.82) is 0 Å². The van der Waals surface area contributed by atoms with E-state index in [9.17, 15) is 9.59 Å². The van der Waals surface area contributed by atoms with Crippen LogP contribution in [0.1, 0.15) is 29.9 Å². The van der Waals surface area contributed by atoms with Gasteiger partial charge in [-0.3, -0.25) is 9.59 Å². The third kappa shape index (κ3) is 3.28. The molecule has 0 saturated carbocycles. The highest BCUT2D eigenvalue weighted by Gasteiger charge is 2.25. The predicted octanol–water partition coefficient (Wildman–Crippen LogP) is 2.39. The van der Waals surface area contributed by atoms with Gasteiger partial charge in [0.05, 0.1) is 4.88 Å². The lowest BCUT2D eigenvalue weighted by Crippen LogP contribution is -2.50. The number of nitrogens with zero attached hydrogens (tertiary/aromatic N) is 2. The quantitative estimate of drug-likeness (QED) is 0.803. The van der Waals surface area contributed by atoms with E-state index in [4.69, 9.17) is 0 Å². The molecule has 0 spiro atoms. The molecule has 20 heavy (non-hydrogen) atoms. The highest BCUT2D eigenvalue weighted by atomic mass is 32.1. The number of amides is 2. The average Bonchev–Trinajstić information content (AvgIpc) is 3.00. The number of piperazine rings is 1. The second-order valence-corrected chi connectivity index (χ2v) is 5.80. The van der Waals surface area contributed by atoms with Crippen LogP contribution in [-0.4, -0.2) is 47.8 Å². The van der Waals surface area contributed by atoms with Gasteiger partial charge in [-0.05, 0) is 24.8 Å². The molecule has 1 fully saturated rings. The Morgan fingerprint density at radius 2 is 1.90 bits per heavy atom. The lowest BCUT2D eigenvalue weighted by molar-refractivity contribution is -0.128. The Kier molecular flexibility index (Phi) is 4.95. The summed E-state index contributed by atoms with van der Waals surface area (Å²) in [5, 5.41) is 1.91. The first-order chi connectivity index (χ1) is 9.63. The Labute approximate surface area is 123 Å². The number of rotatable bonds is 3. The van der Waals surface area contributed by atoms with Gasteiger partial charge in [0.2, 0.25) is 5.91 Å². The molecule has 4 nitrogen and oxygen atoms in total. The van der Waals surface area contributed by atoms with Crippen LogP contribution in [0.5, 0.6) is 0 Å². The van der Waals surface area contributed by atoms with Crippen LogP contribution in [-0.2, 0) is 4.79 Å². The van der Waals surface area contributed by atoms with E-state index in [0.29, 0.717) is 26.2 Å². The van der Waals surface area contributed by atoms with Gasteiger partial charge in [-0.2, -0.15) is 0 Å². The van der Waals surface area contributed by atoms with Gasteiger partial charge in [-0.1, -0.05) is 19.1 Å². The van der Waals surface area contributed by atoms with Crippen molar-refractivity contribution in [3.05, 3.63) is 34.0 Å². The van der Waals surface area contributed by atoms with Gasteiger partial charge >= 0.3 is 0 Å². The van der Waals surface area contributed by atoms with Crippen molar-refractivity contribution in [3.63, 3.8) is 0 Å². The molecule has 0 aromatic carbocycles. The second-order valence-electron chi connectivity index (χ2n) is 4.86. The monoisotopic (exact) mass is 292 g/mol. The maximum Gasteiger partial charge on any atom is 0.264 e. The molecular weight excluding hydrogens is 272 g/mol. The zero-order chi connectivity index (χ0) is 14.5. The van der Waals surface area contributed by atoms with Gasteiger partial charge in [0.15, 0.2) is 0 Å². The third-order valence-corrected chi connectivity index (χ3v) is 4.29. The summed E-state index contributed by atoms with van der Waals surface area (Å²) in [6.45, 7) is 6.34. The molecule has 0 bridgehead atoms. The fourth-order valence-corrected chi connectivity index (χ4v) is 3.00. The molecule has 0 N–H and O–H groups in total. The molecule has 1 aromatic rings. The normalized spacial score (nSPS) is 16.4. The van der Waals surface area contributed by atoms with Crippen molar-refractivity contribution in [2.45, 2.75) is 20.3 Å². The fourth-order valence-electron chi connectivity index (χ4n) is 2.31. The predicted molar refractivity (Wildman–Crippen MR) is 80.9 cm³/mol. The molecule has 0 atom stereocenters. The smallest absolute Gasteiger partial charge is 0.264 e. The maximum atomic E-state index is 12.2. The summed E-state index contributed by atoms with van der Waals surface area (Å²) in [5.41, 5.74) is 0.797. The van der Waals surface area contributed by atoms with E-state index >= 15 is 0 Å². The molecule has 0 unspecified atom stereocenters.